The first kappa shape index (κ1) is 8.09. The van der Waals surface area contributed by atoms with Crippen LogP contribution in [0.3, 0.4) is 0 Å². The van der Waals surface area contributed by atoms with Crippen molar-refractivity contribution in [2.45, 2.75) is 45.1 Å². The van der Waals surface area contributed by atoms with Crippen molar-refractivity contribution in [2.75, 3.05) is 0 Å². The van der Waals surface area contributed by atoms with E-state index in [0.29, 0.717) is 6.04 Å². The first-order chi connectivity index (χ1) is 5.77. The van der Waals surface area contributed by atoms with Gasteiger partial charge in [-0.05, 0) is 44.4 Å². The number of hydrogen-bond donors (Lipinski definition) is 1. The Morgan fingerprint density at radius 1 is 1.25 bits per heavy atom. The van der Waals surface area contributed by atoms with Crippen LogP contribution in [0.1, 0.15) is 39.0 Å². The Bertz CT molecular complexity index is 186. The van der Waals surface area contributed by atoms with Gasteiger partial charge in [-0.1, -0.05) is 6.42 Å². The van der Waals surface area contributed by atoms with Crippen LogP contribution in [0, 0.1) is 11.8 Å². The Hall–Kier alpha value is -0.530. The fraction of sp³-hybridized carbons (Fsp3) is 0.900. The quantitative estimate of drug-likeness (QED) is 0.505. The summed E-state index contributed by atoms with van der Waals surface area (Å²) < 4.78 is 0. The van der Waals surface area contributed by atoms with Gasteiger partial charge in [0, 0.05) is 0 Å². The molecule has 0 aromatic carbocycles. The van der Waals surface area contributed by atoms with Crippen molar-refractivity contribution in [1.82, 2.24) is 0 Å². The van der Waals surface area contributed by atoms with Crippen LogP contribution >= 0.6 is 0 Å². The molecule has 0 spiro atoms. The topological polar surface area (TPSA) is 38.4 Å². The van der Waals surface area contributed by atoms with E-state index in [0.717, 1.165) is 17.7 Å². The highest BCUT2D eigenvalue weighted by molar-refractivity contribution is 5.77. The summed E-state index contributed by atoms with van der Waals surface area (Å²) in [7, 11) is 0. The first-order valence-electron chi connectivity index (χ1n) is 5.07. The normalized spacial score (nSPS) is 28.2. The van der Waals surface area contributed by atoms with Gasteiger partial charge in [0.05, 0.1) is 11.9 Å². The van der Waals surface area contributed by atoms with Gasteiger partial charge in [0.2, 0.25) is 0 Å². The van der Waals surface area contributed by atoms with E-state index in [1.807, 2.05) is 6.92 Å². The monoisotopic (exact) mass is 166 g/mol. The van der Waals surface area contributed by atoms with Gasteiger partial charge in [0.25, 0.3) is 0 Å². The van der Waals surface area contributed by atoms with Crippen molar-refractivity contribution in [2.24, 2.45) is 22.6 Å². The number of aliphatic imine (C=N–C) groups is 1. The lowest BCUT2D eigenvalue weighted by molar-refractivity contribution is 0.245. The maximum atomic E-state index is 5.63. The number of amidine groups is 1. The second kappa shape index (κ2) is 3.08. The molecule has 2 heteroatoms. The molecule has 0 radical (unpaired) electrons. The highest BCUT2D eigenvalue weighted by atomic mass is 14.9. The zero-order chi connectivity index (χ0) is 8.55. The van der Waals surface area contributed by atoms with Crippen LogP contribution in [0.4, 0.5) is 0 Å². The van der Waals surface area contributed by atoms with Crippen LogP contribution in [0.15, 0.2) is 4.99 Å². The predicted octanol–water partition coefficient (Wildman–Crippen LogP) is 1.94. The molecule has 1 unspecified atom stereocenters. The molecule has 2 nitrogen and oxygen atoms in total. The first-order valence-corrected chi connectivity index (χ1v) is 5.07. The molecule has 2 N–H and O–H groups in total. The Kier molecular flexibility index (Phi) is 2.07. The van der Waals surface area contributed by atoms with Crippen molar-refractivity contribution in [3.63, 3.8) is 0 Å². The van der Waals surface area contributed by atoms with Gasteiger partial charge in [-0.3, -0.25) is 4.99 Å². The fourth-order valence-electron chi connectivity index (χ4n) is 2.05. The molecule has 0 amide bonds. The molecular formula is C10H18N2. The second-order valence-corrected chi connectivity index (χ2v) is 4.29. The molecule has 0 saturated heterocycles. The maximum Gasteiger partial charge on any atom is 0.0909 e. The minimum atomic E-state index is 0.587. The Labute approximate surface area is 74.2 Å². The molecule has 2 aliphatic rings. The van der Waals surface area contributed by atoms with Crippen LogP contribution in [0.2, 0.25) is 0 Å². The standard InChI is InChI=1S/C10H18N2/c1-7(11)12-10(9-5-6-9)8-3-2-4-8/h8-10H,2-6H2,1H3,(H2,11,12). The van der Waals surface area contributed by atoms with Crippen molar-refractivity contribution >= 4 is 5.84 Å². The second-order valence-electron chi connectivity index (χ2n) is 4.29. The minimum Gasteiger partial charge on any atom is -0.388 e. The van der Waals surface area contributed by atoms with Gasteiger partial charge in [-0.15, -0.1) is 0 Å². The molecule has 68 valence electrons. The van der Waals surface area contributed by atoms with Crippen molar-refractivity contribution in [3.8, 4) is 0 Å². The number of rotatable bonds is 3. The average molecular weight is 166 g/mol. The lowest BCUT2D eigenvalue weighted by Crippen LogP contribution is -2.29. The Morgan fingerprint density at radius 3 is 2.17 bits per heavy atom. The van der Waals surface area contributed by atoms with Gasteiger partial charge >= 0.3 is 0 Å². The van der Waals surface area contributed by atoms with Crippen LogP contribution < -0.4 is 5.73 Å². The van der Waals surface area contributed by atoms with E-state index in [2.05, 4.69) is 4.99 Å². The molecule has 0 heterocycles. The van der Waals surface area contributed by atoms with Crippen molar-refractivity contribution < 1.29 is 0 Å². The average Bonchev–Trinajstić information content (AvgIpc) is 2.60. The molecule has 0 aromatic heterocycles. The van der Waals surface area contributed by atoms with E-state index in [9.17, 15) is 0 Å². The van der Waals surface area contributed by atoms with Crippen molar-refractivity contribution in [3.05, 3.63) is 0 Å². The van der Waals surface area contributed by atoms with E-state index in [4.69, 9.17) is 5.73 Å². The molecule has 12 heavy (non-hydrogen) atoms. The lowest BCUT2D eigenvalue weighted by Gasteiger charge is -2.31. The van der Waals surface area contributed by atoms with Crippen molar-refractivity contribution in [1.29, 1.82) is 0 Å². The van der Waals surface area contributed by atoms with Gasteiger partial charge in [0.15, 0.2) is 0 Å². The van der Waals surface area contributed by atoms with Gasteiger partial charge < -0.3 is 5.73 Å². The summed E-state index contributed by atoms with van der Waals surface area (Å²) >= 11 is 0. The summed E-state index contributed by atoms with van der Waals surface area (Å²) in [6.07, 6.45) is 6.96. The largest absolute Gasteiger partial charge is 0.388 e. The Morgan fingerprint density at radius 2 is 1.83 bits per heavy atom. The van der Waals surface area contributed by atoms with Crippen LogP contribution in [-0.2, 0) is 0 Å². The summed E-state index contributed by atoms with van der Waals surface area (Å²) in [5.41, 5.74) is 5.63. The smallest absolute Gasteiger partial charge is 0.0909 e. The highest BCUT2D eigenvalue weighted by Crippen LogP contribution is 2.44. The van der Waals surface area contributed by atoms with E-state index in [1.165, 1.54) is 32.1 Å². The molecular weight excluding hydrogens is 148 g/mol. The predicted molar refractivity (Wildman–Crippen MR) is 51.1 cm³/mol. The Balaban J connectivity index is 1.96. The van der Waals surface area contributed by atoms with E-state index >= 15 is 0 Å². The summed E-state index contributed by atoms with van der Waals surface area (Å²) in [6, 6.07) is 0.587. The molecule has 0 aliphatic heterocycles. The zero-order valence-corrected chi connectivity index (χ0v) is 7.79. The third-order valence-electron chi connectivity index (χ3n) is 3.09. The number of nitrogens with two attached hydrogens (primary N) is 1. The van der Waals surface area contributed by atoms with Crippen LogP contribution in [0.25, 0.3) is 0 Å². The van der Waals surface area contributed by atoms with E-state index in [1.54, 1.807) is 0 Å². The van der Waals surface area contributed by atoms with Gasteiger partial charge in [-0.2, -0.15) is 0 Å². The summed E-state index contributed by atoms with van der Waals surface area (Å²) in [4.78, 5) is 4.56. The highest BCUT2D eigenvalue weighted by Gasteiger charge is 2.38. The van der Waals surface area contributed by atoms with Crippen LogP contribution in [0.5, 0.6) is 0 Å². The third kappa shape index (κ3) is 1.62. The summed E-state index contributed by atoms with van der Waals surface area (Å²) in [5, 5.41) is 0. The molecule has 2 rings (SSSR count). The maximum absolute atomic E-state index is 5.63. The minimum absolute atomic E-state index is 0.587. The molecule has 0 bridgehead atoms. The lowest BCUT2D eigenvalue weighted by atomic mass is 9.78. The molecule has 1 atom stereocenters. The number of hydrogen-bond acceptors (Lipinski definition) is 1. The molecule has 2 aliphatic carbocycles. The SMILES string of the molecule is CC(N)=NC(C1CCC1)C1CC1. The fourth-order valence-corrected chi connectivity index (χ4v) is 2.05. The summed E-state index contributed by atoms with van der Waals surface area (Å²) in [6.45, 7) is 1.91. The van der Waals surface area contributed by atoms with E-state index < -0.39 is 0 Å². The number of nitrogens with zero attached hydrogens (tertiary/aromatic N) is 1. The van der Waals surface area contributed by atoms with Crippen LogP contribution in [-0.4, -0.2) is 11.9 Å². The third-order valence-corrected chi connectivity index (χ3v) is 3.09. The zero-order valence-electron chi connectivity index (χ0n) is 7.79. The molecule has 2 fully saturated rings. The van der Waals surface area contributed by atoms with Gasteiger partial charge in [0.1, 0.15) is 0 Å². The van der Waals surface area contributed by atoms with Gasteiger partial charge in [-0.25, -0.2) is 0 Å². The summed E-state index contributed by atoms with van der Waals surface area (Å²) in [5.74, 6) is 2.53. The molecule has 0 aromatic rings. The van der Waals surface area contributed by atoms with E-state index in [-0.39, 0.29) is 0 Å². The molecule has 2 saturated carbocycles.